The zero-order chi connectivity index (χ0) is 11.5. The number of imidazole rings is 1. The van der Waals surface area contributed by atoms with Gasteiger partial charge in [-0.2, -0.15) is 0 Å². The SMILES string of the molecule is COCn1c(=[Se])n(COC)c2ccccc21. The Kier molecular flexibility index (Phi) is 3.61. The van der Waals surface area contributed by atoms with Crippen LogP contribution >= 0.6 is 0 Å². The molecule has 1 aromatic carbocycles. The zero-order valence-corrected chi connectivity index (χ0v) is 11.1. The molecule has 0 saturated heterocycles. The van der Waals surface area contributed by atoms with Crippen LogP contribution in [0, 0.1) is 4.32 Å². The predicted octanol–water partition coefficient (Wildman–Crippen LogP) is 1.35. The maximum absolute atomic E-state index is 5.20. The second kappa shape index (κ2) is 4.97. The Morgan fingerprint density at radius 3 is 1.81 bits per heavy atom. The van der Waals surface area contributed by atoms with Crippen molar-refractivity contribution < 1.29 is 9.47 Å². The molecule has 5 heteroatoms. The standard InChI is InChI=1S/C11H14N2O2Se/c1-14-7-12-9-5-3-4-6-10(9)13(8-15-2)11(12)16/h3-6H,7-8H2,1-2H3. The summed E-state index contributed by atoms with van der Waals surface area (Å²) in [6.07, 6.45) is 0. The Labute approximate surface area is 102 Å². The van der Waals surface area contributed by atoms with Crippen molar-refractivity contribution in [2.75, 3.05) is 14.2 Å². The van der Waals surface area contributed by atoms with Crippen molar-refractivity contribution >= 4 is 26.6 Å². The van der Waals surface area contributed by atoms with Gasteiger partial charge in [-0.05, 0) is 0 Å². The molecule has 0 radical (unpaired) electrons. The van der Waals surface area contributed by atoms with Gasteiger partial charge in [0.25, 0.3) is 0 Å². The number of para-hydroxylation sites is 2. The number of nitrogens with zero attached hydrogens (tertiary/aromatic N) is 2. The van der Waals surface area contributed by atoms with E-state index in [1.165, 1.54) is 0 Å². The molecule has 0 unspecified atom stereocenters. The van der Waals surface area contributed by atoms with E-state index in [0.29, 0.717) is 13.5 Å². The van der Waals surface area contributed by atoms with Gasteiger partial charge in [-0.25, -0.2) is 0 Å². The van der Waals surface area contributed by atoms with Crippen molar-refractivity contribution in [1.29, 1.82) is 0 Å². The zero-order valence-electron chi connectivity index (χ0n) is 9.34. The van der Waals surface area contributed by atoms with Crippen LogP contribution in [0.2, 0.25) is 0 Å². The molecule has 0 N–H and O–H groups in total. The third kappa shape index (κ3) is 1.87. The van der Waals surface area contributed by atoms with Crippen LogP contribution in [0.25, 0.3) is 11.0 Å². The van der Waals surface area contributed by atoms with Crippen LogP contribution in [-0.2, 0) is 22.9 Å². The topological polar surface area (TPSA) is 28.3 Å². The molecule has 0 aliphatic carbocycles. The Hall–Kier alpha value is -0.871. The number of benzene rings is 1. The minimum absolute atomic E-state index is 0.527. The fourth-order valence-corrected chi connectivity index (χ4v) is 2.41. The van der Waals surface area contributed by atoms with E-state index >= 15 is 0 Å². The number of methoxy groups -OCH3 is 2. The molecule has 0 fully saturated rings. The van der Waals surface area contributed by atoms with Gasteiger partial charge in [0.1, 0.15) is 0 Å². The van der Waals surface area contributed by atoms with Gasteiger partial charge >= 0.3 is 101 Å². The molecule has 0 spiro atoms. The summed E-state index contributed by atoms with van der Waals surface area (Å²) in [7, 11) is 3.38. The third-order valence-electron chi connectivity index (χ3n) is 2.44. The van der Waals surface area contributed by atoms with Crippen LogP contribution < -0.4 is 0 Å². The Balaban J connectivity index is 2.70. The Morgan fingerprint density at radius 1 is 1.00 bits per heavy atom. The average molecular weight is 285 g/mol. The quantitative estimate of drug-likeness (QED) is 0.793. The molecule has 0 saturated carbocycles. The van der Waals surface area contributed by atoms with E-state index in [4.69, 9.17) is 9.47 Å². The van der Waals surface area contributed by atoms with Gasteiger partial charge in [0.05, 0.1) is 0 Å². The van der Waals surface area contributed by atoms with Crippen LogP contribution in [0.5, 0.6) is 0 Å². The summed E-state index contributed by atoms with van der Waals surface area (Å²) in [5.41, 5.74) is 2.27. The summed E-state index contributed by atoms with van der Waals surface area (Å²) in [4.78, 5) is 0. The van der Waals surface area contributed by atoms with Crippen molar-refractivity contribution in [1.82, 2.24) is 9.13 Å². The Morgan fingerprint density at radius 2 is 1.44 bits per heavy atom. The summed E-state index contributed by atoms with van der Waals surface area (Å²) in [5.74, 6) is 0. The van der Waals surface area contributed by atoms with Crippen molar-refractivity contribution in [2.45, 2.75) is 13.5 Å². The molecule has 2 aromatic rings. The van der Waals surface area contributed by atoms with Gasteiger partial charge in [-0.3, -0.25) is 0 Å². The molecule has 0 atom stereocenters. The molecule has 86 valence electrons. The van der Waals surface area contributed by atoms with Crippen LogP contribution in [0.15, 0.2) is 24.3 Å². The molecule has 1 heterocycles. The van der Waals surface area contributed by atoms with Gasteiger partial charge in [-0.15, -0.1) is 0 Å². The van der Waals surface area contributed by atoms with E-state index in [1.54, 1.807) is 14.2 Å². The van der Waals surface area contributed by atoms with E-state index in [-0.39, 0.29) is 0 Å². The van der Waals surface area contributed by atoms with Gasteiger partial charge in [0.15, 0.2) is 0 Å². The normalized spacial score (nSPS) is 11.1. The molecule has 2 rings (SSSR count). The minimum atomic E-state index is 0.527. The summed E-state index contributed by atoms with van der Waals surface area (Å²) in [5, 5.41) is 0. The van der Waals surface area contributed by atoms with Gasteiger partial charge in [0.2, 0.25) is 0 Å². The fraction of sp³-hybridized carbons (Fsp3) is 0.364. The first-order valence-electron chi connectivity index (χ1n) is 4.95. The second-order valence-corrected chi connectivity index (χ2v) is 4.23. The van der Waals surface area contributed by atoms with Crippen LogP contribution in [0.1, 0.15) is 0 Å². The van der Waals surface area contributed by atoms with E-state index in [1.807, 2.05) is 12.1 Å². The molecular formula is C11H14N2O2Se. The van der Waals surface area contributed by atoms with Crippen molar-refractivity contribution in [3.05, 3.63) is 28.6 Å². The van der Waals surface area contributed by atoms with Crippen LogP contribution in [0.3, 0.4) is 0 Å². The number of aromatic nitrogens is 2. The first-order chi connectivity index (χ1) is 7.79. The molecular weight excluding hydrogens is 271 g/mol. The molecule has 0 bridgehead atoms. The fourth-order valence-electron chi connectivity index (χ4n) is 1.78. The second-order valence-electron chi connectivity index (χ2n) is 3.46. The van der Waals surface area contributed by atoms with E-state index in [9.17, 15) is 0 Å². The monoisotopic (exact) mass is 286 g/mol. The first-order valence-corrected chi connectivity index (χ1v) is 5.81. The first kappa shape index (κ1) is 11.6. The molecule has 1 aromatic heterocycles. The Bertz CT molecular complexity index is 498. The summed E-state index contributed by atoms with van der Waals surface area (Å²) in [6.45, 7) is 1.05. The number of hydrogen-bond donors (Lipinski definition) is 0. The molecule has 0 amide bonds. The number of ether oxygens (including phenoxy) is 2. The van der Waals surface area contributed by atoms with E-state index < -0.39 is 0 Å². The summed E-state index contributed by atoms with van der Waals surface area (Å²) >= 11 is 3.06. The van der Waals surface area contributed by atoms with E-state index in [2.05, 4.69) is 36.8 Å². The summed E-state index contributed by atoms with van der Waals surface area (Å²) in [6, 6.07) is 8.18. The molecule has 0 aliphatic heterocycles. The number of rotatable bonds is 4. The van der Waals surface area contributed by atoms with Crippen molar-refractivity contribution in [3.63, 3.8) is 0 Å². The van der Waals surface area contributed by atoms with Gasteiger partial charge in [-0.1, -0.05) is 0 Å². The third-order valence-corrected chi connectivity index (χ3v) is 3.37. The van der Waals surface area contributed by atoms with Crippen molar-refractivity contribution in [3.8, 4) is 0 Å². The average Bonchev–Trinajstić information content (AvgIpc) is 2.56. The van der Waals surface area contributed by atoms with Crippen LogP contribution in [-0.4, -0.2) is 38.9 Å². The molecule has 0 aliphatic rings. The van der Waals surface area contributed by atoms with E-state index in [0.717, 1.165) is 15.4 Å². The van der Waals surface area contributed by atoms with Crippen LogP contribution in [0.4, 0.5) is 0 Å². The van der Waals surface area contributed by atoms with Crippen molar-refractivity contribution in [2.24, 2.45) is 0 Å². The molecule has 4 nitrogen and oxygen atoms in total. The van der Waals surface area contributed by atoms with Gasteiger partial charge < -0.3 is 0 Å². The summed E-state index contributed by atoms with van der Waals surface area (Å²) < 4.78 is 15.6. The number of hydrogen-bond acceptors (Lipinski definition) is 2. The predicted molar refractivity (Wildman–Crippen MR) is 62.9 cm³/mol. The molecule has 16 heavy (non-hydrogen) atoms. The maximum atomic E-state index is 5.20. The van der Waals surface area contributed by atoms with Gasteiger partial charge in [0, 0.05) is 0 Å². The number of fused-ring (bicyclic) bond motifs is 1.